The van der Waals surface area contributed by atoms with Crippen LogP contribution in [0.3, 0.4) is 0 Å². The second kappa shape index (κ2) is 5.77. The number of nitrogens with zero attached hydrogens (tertiary/aromatic N) is 2. The van der Waals surface area contributed by atoms with E-state index in [-0.39, 0.29) is 0 Å². The largest absolute Gasteiger partial charge is 0.384 e. The van der Waals surface area contributed by atoms with Crippen molar-refractivity contribution < 1.29 is 5.11 Å². The highest BCUT2D eigenvalue weighted by atomic mass is 35.5. The second-order valence-electron chi connectivity index (χ2n) is 5.15. The first-order valence-electron chi connectivity index (χ1n) is 6.66. The summed E-state index contributed by atoms with van der Waals surface area (Å²) in [5.41, 5.74) is 0.876. The predicted octanol–water partition coefficient (Wildman–Crippen LogP) is 3.05. The molecule has 0 aliphatic heterocycles. The average molecular weight is 322 g/mol. The second-order valence-corrected chi connectivity index (χ2v) is 6.38. The Labute approximate surface area is 132 Å². The molecule has 0 saturated heterocycles. The van der Waals surface area contributed by atoms with Crippen LogP contribution in [0.15, 0.2) is 41.9 Å². The first-order valence-corrected chi connectivity index (χ1v) is 7.92. The molecule has 2 N–H and O–H groups in total. The molecular weight excluding hydrogens is 306 g/mol. The van der Waals surface area contributed by atoms with Crippen molar-refractivity contribution in [3.63, 3.8) is 0 Å². The zero-order valence-electron chi connectivity index (χ0n) is 11.6. The van der Waals surface area contributed by atoms with E-state index in [4.69, 9.17) is 11.6 Å². The minimum Gasteiger partial charge on any atom is -0.384 e. The Kier molecular flexibility index (Phi) is 3.99. The fraction of sp³-hybridized carbons (Fsp3) is 0.267. The van der Waals surface area contributed by atoms with Crippen molar-refractivity contribution in [1.29, 1.82) is 0 Å². The van der Waals surface area contributed by atoms with Gasteiger partial charge in [0.05, 0.1) is 11.3 Å². The summed E-state index contributed by atoms with van der Waals surface area (Å²) in [5.74, 6) is 0. The Balaban J connectivity index is 1.68. The Morgan fingerprint density at radius 1 is 1.38 bits per heavy atom. The molecule has 1 atom stereocenters. The first kappa shape index (κ1) is 14.5. The molecule has 0 spiro atoms. The monoisotopic (exact) mass is 321 g/mol. The third kappa shape index (κ3) is 2.96. The van der Waals surface area contributed by atoms with Crippen LogP contribution in [0.5, 0.6) is 0 Å². The maximum atomic E-state index is 10.5. The van der Waals surface area contributed by atoms with Crippen molar-refractivity contribution in [2.75, 3.05) is 6.54 Å². The molecule has 4 nitrogen and oxygen atoms in total. The van der Waals surface area contributed by atoms with Gasteiger partial charge in [-0.2, -0.15) is 0 Å². The number of benzene rings is 1. The molecule has 0 bridgehead atoms. The molecule has 3 rings (SSSR count). The molecule has 0 amide bonds. The number of rotatable bonds is 5. The Morgan fingerprint density at radius 3 is 2.90 bits per heavy atom. The minimum absolute atomic E-state index is 0.435. The van der Waals surface area contributed by atoms with Crippen molar-refractivity contribution in [2.24, 2.45) is 0 Å². The van der Waals surface area contributed by atoms with Crippen molar-refractivity contribution in [3.05, 3.63) is 58.3 Å². The van der Waals surface area contributed by atoms with E-state index in [0.717, 1.165) is 16.2 Å². The molecule has 0 aliphatic rings. The van der Waals surface area contributed by atoms with Gasteiger partial charge in [-0.1, -0.05) is 41.9 Å². The number of aliphatic hydroxyl groups is 1. The van der Waals surface area contributed by atoms with Crippen LogP contribution >= 0.6 is 22.9 Å². The van der Waals surface area contributed by atoms with Gasteiger partial charge in [0.15, 0.2) is 10.1 Å². The zero-order chi connectivity index (χ0) is 14.9. The van der Waals surface area contributed by atoms with E-state index in [0.29, 0.717) is 18.2 Å². The number of halogens is 1. The van der Waals surface area contributed by atoms with Gasteiger partial charge in [0.2, 0.25) is 0 Å². The van der Waals surface area contributed by atoms with E-state index in [1.165, 1.54) is 0 Å². The number of hydrogen-bond acceptors (Lipinski definition) is 4. The number of nitrogens with one attached hydrogen (secondary N) is 1. The van der Waals surface area contributed by atoms with Gasteiger partial charge in [-0.05, 0) is 12.5 Å². The SMILES string of the molecule is CC(O)(CNCc1c(Cl)nc2sccn12)c1ccccc1. The quantitative estimate of drug-likeness (QED) is 0.759. The number of imidazole rings is 1. The molecule has 6 heteroatoms. The lowest BCUT2D eigenvalue weighted by Gasteiger charge is -2.24. The van der Waals surface area contributed by atoms with Crippen LogP contribution in [-0.4, -0.2) is 21.0 Å². The van der Waals surface area contributed by atoms with E-state index >= 15 is 0 Å². The molecule has 110 valence electrons. The minimum atomic E-state index is -0.924. The summed E-state index contributed by atoms with van der Waals surface area (Å²) < 4.78 is 1.97. The van der Waals surface area contributed by atoms with Gasteiger partial charge in [0, 0.05) is 24.7 Å². The van der Waals surface area contributed by atoms with Crippen LogP contribution in [-0.2, 0) is 12.1 Å². The van der Waals surface area contributed by atoms with E-state index < -0.39 is 5.60 Å². The van der Waals surface area contributed by atoms with Gasteiger partial charge < -0.3 is 10.4 Å². The lowest BCUT2D eigenvalue weighted by molar-refractivity contribution is 0.0566. The third-order valence-corrected chi connectivity index (χ3v) is 4.53. The molecule has 0 fully saturated rings. The fourth-order valence-electron chi connectivity index (χ4n) is 2.29. The third-order valence-electron chi connectivity index (χ3n) is 3.47. The highest BCUT2D eigenvalue weighted by Gasteiger charge is 2.22. The van der Waals surface area contributed by atoms with Crippen molar-refractivity contribution in [2.45, 2.75) is 19.1 Å². The predicted molar refractivity (Wildman–Crippen MR) is 85.8 cm³/mol. The summed E-state index contributed by atoms with van der Waals surface area (Å²) >= 11 is 7.70. The van der Waals surface area contributed by atoms with Crippen LogP contribution in [0, 0.1) is 0 Å². The fourth-order valence-corrected chi connectivity index (χ4v) is 3.31. The summed E-state index contributed by atoms with van der Waals surface area (Å²) in [6, 6.07) is 9.63. The van der Waals surface area contributed by atoms with Gasteiger partial charge in [0.1, 0.15) is 0 Å². The van der Waals surface area contributed by atoms with Crippen LogP contribution < -0.4 is 5.32 Å². The summed E-state index contributed by atoms with van der Waals surface area (Å²) in [6.07, 6.45) is 1.95. The highest BCUT2D eigenvalue weighted by molar-refractivity contribution is 7.15. The van der Waals surface area contributed by atoms with Gasteiger partial charge >= 0.3 is 0 Å². The lowest BCUT2D eigenvalue weighted by atomic mass is 9.96. The number of thiazole rings is 1. The molecule has 0 saturated carbocycles. The molecule has 2 heterocycles. The lowest BCUT2D eigenvalue weighted by Crippen LogP contribution is -2.35. The molecule has 21 heavy (non-hydrogen) atoms. The number of fused-ring (bicyclic) bond motifs is 1. The van der Waals surface area contributed by atoms with Crippen molar-refractivity contribution in [1.82, 2.24) is 14.7 Å². The molecule has 1 unspecified atom stereocenters. The Bertz CT molecular complexity index is 736. The van der Waals surface area contributed by atoms with E-state index in [9.17, 15) is 5.11 Å². The van der Waals surface area contributed by atoms with Gasteiger partial charge in [0.25, 0.3) is 0 Å². The summed E-state index contributed by atoms with van der Waals surface area (Å²) in [6.45, 7) is 2.79. The molecule has 1 aromatic carbocycles. The molecule has 3 aromatic rings. The maximum absolute atomic E-state index is 10.5. The summed E-state index contributed by atoms with van der Waals surface area (Å²) in [5, 5.41) is 16.3. The van der Waals surface area contributed by atoms with Crippen LogP contribution in [0.1, 0.15) is 18.2 Å². The maximum Gasteiger partial charge on any atom is 0.195 e. The van der Waals surface area contributed by atoms with Gasteiger partial charge in [-0.15, -0.1) is 11.3 Å². The summed E-state index contributed by atoms with van der Waals surface area (Å²) in [4.78, 5) is 5.17. The van der Waals surface area contributed by atoms with Crippen LogP contribution in [0.2, 0.25) is 5.15 Å². The molecular formula is C15H16ClN3OS. The van der Waals surface area contributed by atoms with Crippen LogP contribution in [0.4, 0.5) is 0 Å². The zero-order valence-corrected chi connectivity index (χ0v) is 13.2. The normalized spacial score (nSPS) is 14.4. The van der Waals surface area contributed by atoms with E-state index in [1.807, 2.05) is 46.3 Å². The first-order chi connectivity index (χ1) is 10.1. The van der Waals surface area contributed by atoms with Crippen molar-refractivity contribution >= 4 is 27.9 Å². The molecule has 0 radical (unpaired) electrons. The Hall–Kier alpha value is -1.40. The number of aromatic nitrogens is 2. The molecule has 0 aliphatic carbocycles. The van der Waals surface area contributed by atoms with E-state index in [2.05, 4.69) is 10.3 Å². The highest BCUT2D eigenvalue weighted by Crippen LogP contribution is 2.22. The van der Waals surface area contributed by atoms with Crippen molar-refractivity contribution in [3.8, 4) is 0 Å². The smallest absolute Gasteiger partial charge is 0.195 e. The topological polar surface area (TPSA) is 49.6 Å². The molecule has 2 aromatic heterocycles. The standard InChI is InChI=1S/C15H16ClN3OS/c1-15(20,11-5-3-2-4-6-11)10-17-9-12-13(16)18-14-19(12)7-8-21-14/h2-8,17,20H,9-10H2,1H3. The van der Waals surface area contributed by atoms with E-state index in [1.54, 1.807) is 18.3 Å². The Morgan fingerprint density at radius 2 is 2.14 bits per heavy atom. The van der Waals surface area contributed by atoms with Gasteiger partial charge in [-0.25, -0.2) is 4.98 Å². The average Bonchev–Trinajstić information content (AvgIpc) is 3.02. The summed E-state index contributed by atoms with van der Waals surface area (Å²) in [7, 11) is 0. The van der Waals surface area contributed by atoms with Gasteiger partial charge in [-0.3, -0.25) is 4.40 Å². The van der Waals surface area contributed by atoms with Crippen LogP contribution in [0.25, 0.3) is 4.96 Å². The number of hydrogen-bond donors (Lipinski definition) is 2.